The maximum absolute atomic E-state index is 11.1. The minimum absolute atomic E-state index is 0.315. The Balaban J connectivity index is 2.08. The van der Waals surface area contributed by atoms with Gasteiger partial charge in [-0.2, -0.15) is 5.10 Å². The molecule has 0 bridgehead atoms. The summed E-state index contributed by atoms with van der Waals surface area (Å²) in [6.45, 7) is 4.77. The predicted molar refractivity (Wildman–Crippen MR) is 67.6 cm³/mol. The molecule has 0 spiro atoms. The average Bonchev–Trinajstić information content (AvgIpc) is 2.54. The zero-order chi connectivity index (χ0) is 13.1. The summed E-state index contributed by atoms with van der Waals surface area (Å²) in [5.74, 6) is -0.898. The zero-order valence-corrected chi connectivity index (χ0v) is 11.0. The van der Waals surface area contributed by atoms with E-state index in [0.717, 1.165) is 38.3 Å². The Morgan fingerprint density at radius 2 is 2.11 bits per heavy atom. The highest BCUT2D eigenvalue weighted by Gasteiger charge is 2.19. The van der Waals surface area contributed by atoms with Crippen molar-refractivity contribution in [2.24, 2.45) is 7.05 Å². The number of carbonyl (C=O) groups is 1. The minimum Gasteiger partial charge on any atom is -0.478 e. The van der Waals surface area contributed by atoms with Crippen LogP contribution in [0, 0.1) is 0 Å². The van der Waals surface area contributed by atoms with Crippen LogP contribution in [0.3, 0.4) is 0 Å². The van der Waals surface area contributed by atoms with E-state index >= 15 is 0 Å². The normalized spacial score (nSPS) is 18.8. The van der Waals surface area contributed by atoms with E-state index in [1.807, 2.05) is 0 Å². The molecule has 100 valence electrons. The first-order chi connectivity index (χ1) is 8.58. The van der Waals surface area contributed by atoms with Crippen LogP contribution in [0.4, 0.5) is 0 Å². The second-order valence-electron chi connectivity index (χ2n) is 4.87. The molecule has 2 rings (SSSR count). The van der Waals surface area contributed by atoms with Crippen molar-refractivity contribution in [2.75, 3.05) is 33.2 Å². The number of aromatic carboxylic acids is 1. The summed E-state index contributed by atoms with van der Waals surface area (Å²) in [5.41, 5.74) is 1.10. The molecular formula is C12H20N4O2. The first-order valence-electron chi connectivity index (χ1n) is 6.23. The number of hydrogen-bond donors (Lipinski definition) is 1. The van der Waals surface area contributed by atoms with Crippen molar-refractivity contribution in [3.63, 3.8) is 0 Å². The largest absolute Gasteiger partial charge is 0.478 e. The predicted octanol–water partition coefficient (Wildman–Crippen LogP) is 0.256. The molecule has 0 saturated carbocycles. The highest BCUT2D eigenvalue weighted by molar-refractivity contribution is 5.88. The summed E-state index contributed by atoms with van der Waals surface area (Å²) in [6, 6.07) is 0. The van der Waals surface area contributed by atoms with Crippen LogP contribution in [0.25, 0.3) is 0 Å². The summed E-state index contributed by atoms with van der Waals surface area (Å²) < 4.78 is 1.66. The Bertz CT molecular complexity index is 430. The van der Waals surface area contributed by atoms with Gasteiger partial charge in [0.1, 0.15) is 5.56 Å². The van der Waals surface area contributed by atoms with E-state index in [0.29, 0.717) is 12.1 Å². The third kappa shape index (κ3) is 2.88. The number of carboxylic acid groups (broad SMARTS) is 1. The Morgan fingerprint density at radius 3 is 2.83 bits per heavy atom. The fourth-order valence-electron chi connectivity index (χ4n) is 2.30. The molecule has 0 atom stereocenters. The van der Waals surface area contributed by atoms with Crippen molar-refractivity contribution in [3.8, 4) is 0 Å². The van der Waals surface area contributed by atoms with Crippen molar-refractivity contribution in [3.05, 3.63) is 17.5 Å². The van der Waals surface area contributed by atoms with Crippen molar-refractivity contribution < 1.29 is 9.90 Å². The first kappa shape index (κ1) is 13.0. The molecular weight excluding hydrogens is 232 g/mol. The molecule has 0 aromatic carbocycles. The van der Waals surface area contributed by atoms with Crippen molar-refractivity contribution >= 4 is 5.97 Å². The average molecular weight is 252 g/mol. The summed E-state index contributed by atoms with van der Waals surface area (Å²) in [4.78, 5) is 15.7. The lowest BCUT2D eigenvalue weighted by atomic mass is 10.2. The van der Waals surface area contributed by atoms with Crippen LogP contribution >= 0.6 is 0 Å². The Labute approximate surface area is 107 Å². The molecule has 1 aliphatic rings. The van der Waals surface area contributed by atoms with E-state index in [1.165, 1.54) is 6.20 Å². The molecule has 0 amide bonds. The van der Waals surface area contributed by atoms with Gasteiger partial charge in [0.25, 0.3) is 0 Å². The van der Waals surface area contributed by atoms with Gasteiger partial charge in [0, 0.05) is 26.7 Å². The lowest BCUT2D eigenvalue weighted by Crippen LogP contribution is -2.29. The number of hydrogen-bond acceptors (Lipinski definition) is 4. The third-order valence-electron chi connectivity index (χ3n) is 3.48. The van der Waals surface area contributed by atoms with Gasteiger partial charge in [-0.05, 0) is 26.6 Å². The molecule has 0 aliphatic carbocycles. The van der Waals surface area contributed by atoms with E-state index in [1.54, 1.807) is 11.7 Å². The number of aromatic nitrogens is 2. The van der Waals surface area contributed by atoms with Crippen molar-refractivity contribution in [1.82, 2.24) is 19.6 Å². The van der Waals surface area contributed by atoms with Crippen LogP contribution in [0.1, 0.15) is 22.5 Å². The van der Waals surface area contributed by atoms with Gasteiger partial charge >= 0.3 is 5.97 Å². The molecule has 1 aromatic rings. The molecule has 0 unspecified atom stereocenters. The highest BCUT2D eigenvalue weighted by atomic mass is 16.4. The number of aryl methyl sites for hydroxylation is 1. The molecule has 0 radical (unpaired) electrons. The molecule has 6 heteroatoms. The molecule has 1 fully saturated rings. The SMILES string of the molecule is CN1CCCN(Cc2c(C(=O)O)cnn2C)CC1. The number of likely N-dealkylation sites (N-methyl/N-ethyl adjacent to an activating group) is 1. The molecule has 18 heavy (non-hydrogen) atoms. The number of nitrogens with zero attached hydrogens (tertiary/aromatic N) is 4. The molecule has 6 nitrogen and oxygen atoms in total. The van der Waals surface area contributed by atoms with Crippen LogP contribution in [0.5, 0.6) is 0 Å². The number of rotatable bonds is 3. The van der Waals surface area contributed by atoms with Crippen LogP contribution in [0.15, 0.2) is 6.20 Å². The molecule has 1 aromatic heterocycles. The van der Waals surface area contributed by atoms with E-state index in [4.69, 9.17) is 5.11 Å². The first-order valence-corrected chi connectivity index (χ1v) is 6.23. The Morgan fingerprint density at radius 1 is 1.33 bits per heavy atom. The standard InChI is InChI=1S/C12H20N4O2/c1-14-4-3-5-16(7-6-14)9-11-10(12(17)18)8-13-15(11)2/h8H,3-7,9H2,1-2H3,(H,17,18). The maximum atomic E-state index is 11.1. The van der Waals surface area contributed by atoms with E-state index in [-0.39, 0.29) is 0 Å². The van der Waals surface area contributed by atoms with Gasteiger partial charge in [0.15, 0.2) is 0 Å². The zero-order valence-electron chi connectivity index (χ0n) is 11.0. The van der Waals surface area contributed by atoms with Gasteiger partial charge in [-0.15, -0.1) is 0 Å². The van der Waals surface area contributed by atoms with Gasteiger partial charge in [-0.3, -0.25) is 9.58 Å². The van der Waals surface area contributed by atoms with Gasteiger partial charge in [0.05, 0.1) is 11.9 Å². The highest BCUT2D eigenvalue weighted by Crippen LogP contribution is 2.12. The van der Waals surface area contributed by atoms with Crippen LogP contribution in [-0.2, 0) is 13.6 Å². The van der Waals surface area contributed by atoms with Crippen molar-refractivity contribution in [1.29, 1.82) is 0 Å². The fourth-order valence-corrected chi connectivity index (χ4v) is 2.30. The van der Waals surface area contributed by atoms with Crippen molar-refractivity contribution in [2.45, 2.75) is 13.0 Å². The second-order valence-corrected chi connectivity index (χ2v) is 4.87. The van der Waals surface area contributed by atoms with Crippen LogP contribution in [0.2, 0.25) is 0 Å². The van der Waals surface area contributed by atoms with E-state index in [9.17, 15) is 4.79 Å². The molecule has 2 heterocycles. The maximum Gasteiger partial charge on any atom is 0.339 e. The summed E-state index contributed by atoms with van der Waals surface area (Å²) in [6.07, 6.45) is 2.55. The third-order valence-corrected chi connectivity index (χ3v) is 3.48. The lowest BCUT2D eigenvalue weighted by Gasteiger charge is -2.20. The smallest absolute Gasteiger partial charge is 0.339 e. The molecule has 1 saturated heterocycles. The number of carboxylic acids is 1. The van der Waals surface area contributed by atoms with Crippen LogP contribution < -0.4 is 0 Å². The summed E-state index contributed by atoms with van der Waals surface area (Å²) in [7, 11) is 3.92. The lowest BCUT2D eigenvalue weighted by molar-refractivity contribution is 0.0694. The van der Waals surface area contributed by atoms with Gasteiger partial charge < -0.3 is 10.0 Å². The van der Waals surface area contributed by atoms with Gasteiger partial charge in [-0.25, -0.2) is 4.79 Å². The second kappa shape index (κ2) is 5.49. The van der Waals surface area contributed by atoms with E-state index < -0.39 is 5.97 Å². The Kier molecular flexibility index (Phi) is 3.98. The summed E-state index contributed by atoms with van der Waals surface area (Å²) in [5, 5.41) is 13.2. The van der Waals surface area contributed by atoms with Crippen LogP contribution in [-0.4, -0.2) is 63.9 Å². The monoisotopic (exact) mass is 252 g/mol. The molecule has 1 N–H and O–H groups in total. The van der Waals surface area contributed by atoms with Gasteiger partial charge in [-0.1, -0.05) is 0 Å². The molecule has 1 aliphatic heterocycles. The van der Waals surface area contributed by atoms with E-state index in [2.05, 4.69) is 21.9 Å². The topological polar surface area (TPSA) is 61.6 Å². The van der Waals surface area contributed by atoms with Gasteiger partial charge in [0.2, 0.25) is 0 Å². The fraction of sp³-hybridized carbons (Fsp3) is 0.667. The quantitative estimate of drug-likeness (QED) is 0.836. The summed E-state index contributed by atoms with van der Waals surface area (Å²) >= 11 is 0. The minimum atomic E-state index is -0.898. The Hall–Kier alpha value is -1.40.